The van der Waals surface area contributed by atoms with Crippen LogP contribution >= 0.6 is 27.5 Å². The van der Waals surface area contributed by atoms with E-state index < -0.39 is 16.8 Å². The van der Waals surface area contributed by atoms with Crippen LogP contribution in [0.3, 0.4) is 0 Å². The molecule has 0 heterocycles. The van der Waals surface area contributed by atoms with Gasteiger partial charge in [-0.25, -0.2) is 4.79 Å². The minimum atomic E-state index is -0.783. The van der Waals surface area contributed by atoms with Gasteiger partial charge in [0.1, 0.15) is 11.6 Å². The van der Waals surface area contributed by atoms with E-state index in [4.69, 9.17) is 21.1 Å². The van der Waals surface area contributed by atoms with Gasteiger partial charge in [-0.1, -0.05) is 48.0 Å². The van der Waals surface area contributed by atoms with Crippen molar-refractivity contribution in [2.75, 3.05) is 12.4 Å². The summed E-state index contributed by atoms with van der Waals surface area (Å²) >= 11 is 9.41. The zero-order valence-corrected chi connectivity index (χ0v) is 22.4. The lowest BCUT2D eigenvalue weighted by Crippen LogP contribution is -2.14. The van der Waals surface area contributed by atoms with E-state index in [2.05, 4.69) is 21.2 Å². The van der Waals surface area contributed by atoms with Crippen molar-refractivity contribution >= 4 is 67.6 Å². The Balaban J connectivity index is 1.60. The molecule has 0 atom stereocenters. The Labute approximate surface area is 235 Å². The second kappa shape index (κ2) is 11.8. The van der Waals surface area contributed by atoms with Crippen LogP contribution in [-0.2, 0) is 4.79 Å². The molecule has 9 nitrogen and oxygen atoms in total. The molecule has 0 saturated heterocycles. The predicted molar refractivity (Wildman–Crippen MR) is 150 cm³/mol. The maximum Gasteiger partial charge on any atom is 0.344 e. The molecule has 4 rings (SSSR count). The van der Waals surface area contributed by atoms with Crippen LogP contribution in [-0.4, -0.2) is 23.9 Å². The van der Waals surface area contributed by atoms with Crippen molar-refractivity contribution < 1.29 is 24.0 Å². The van der Waals surface area contributed by atoms with Gasteiger partial charge >= 0.3 is 5.97 Å². The van der Waals surface area contributed by atoms with E-state index in [0.717, 1.165) is 16.8 Å². The van der Waals surface area contributed by atoms with Gasteiger partial charge in [0.15, 0.2) is 11.5 Å². The fourth-order valence-electron chi connectivity index (χ4n) is 3.70. The number of methoxy groups -OCH3 is 1. The van der Waals surface area contributed by atoms with Crippen LogP contribution in [0.2, 0.25) is 5.02 Å². The highest BCUT2D eigenvalue weighted by Gasteiger charge is 2.20. The van der Waals surface area contributed by atoms with E-state index in [0.29, 0.717) is 15.6 Å². The van der Waals surface area contributed by atoms with Crippen LogP contribution < -0.4 is 14.8 Å². The normalized spacial score (nSPS) is 11.0. The molecular weight excluding hydrogens is 590 g/mol. The first-order chi connectivity index (χ1) is 18.7. The second-order valence-electron chi connectivity index (χ2n) is 8.00. The number of esters is 1. The van der Waals surface area contributed by atoms with Crippen molar-refractivity contribution in [3.05, 3.63) is 109 Å². The molecule has 0 unspecified atom stereocenters. The molecule has 194 valence electrons. The van der Waals surface area contributed by atoms with Gasteiger partial charge in [0.2, 0.25) is 0 Å². The number of carbonyl (C=O) groups excluding carboxylic acids is 2. The number of halogens is 2. The number of nitrogens with zero attached hydrogens (tertiary/aromatic N) is 2. The van der Waals surface area contributed by atoms with E-state index >= 15 is 0 Å². The van der Waals surface area contributed by atoms with Crippen molar-refractivity contribution in [2.45, 2.75) is 0 Å². The van der Waals surface area contributed by atoms with Crippen LogP contribution in [0.25, 0.3) is 16.8 Å². The zero-order chi connectivity index (χ0) is 28.1. The number of fused-ring (bicyclic) bond motifs is 1. The summed E-state index contributed by atoms with van der Waals surface area (Å²) in [5.74, 6) is -1.07. The van der Waals surface area contributed by atoms with Crippen molar-refractivity contribution in [3.8, 4) is 17.6 Å². The molecule has 4 aromatic rings. The highest BCUT2D eigenvalue weighted by atomic mass is 79.9. The lowest BCUT2D eigenvalue weighted by atomic mass is 10.0. The van der Waals surface area contributed by atoms with Gasteiger partial charge in [-0.2, -0.15) is 5.26 Å². The first-order valence-electron chi connectivity index (χ1n) is 11.2. The molecular formula is C28H17BrClN3O6. The number of amides is 1. The topological polar surface area (TPSA) is 132 Å². The summed E-state index contributed by atoms with van der Waals surface area (Å²) in [4.78, 5) is 36.1. The maximum absolute atomic E-state index is 13.1. The molecule has 4 aromatic carbocycles. The van der Waals surface area contributed by atoms with Gasteiger partial charge in [0.05, 0.1) is 32.8 Å². The fourth-order valence-corrected chi connectivity index (χ4v) is 4.46. The number of non-ortho nitro benzene ring substituents is 1. The fraction of sp³-hybridized carbons (Fsp3) is 0.0357. The van der Waals surface area contributed by atoms with Crippen molar-refractivity contribution in [3.63, 3.8) is 0 Å². The molecule has 0 fully saturated rings. The van der Waals surface area contributed by atoms with Crippen LogP contribution in [0, 0.1) is 21.4 Å². The third-order valence-corrected chi connectivity index (χ3v) is 6.45. The van der Waals surface area contributed by atoms with Gasteiger partial charge in [-0.05, 0) is 62.6 Å². The largest absolute Gasteiger partial charge is 0.493 e. The van der Waals surface area contributed by atoms with Crippen molar-refractivity contribution in [2.24, 2.45) is 0 Å². The molecule has 39 heavy (non-hydrogen) atoms. The summed E-state index contributed by atoms with van der Waals surface area (Å²) in [6, 6.07) is 21.1. The molecule has 0 aliphatic rings. The summed E-state index contributed by atoms with van der Waals surface area (Å²) in [6.07, 6.45) is 1.30. The minimum absolute atomic E-state index is 0.0587. The van der Waals surface area contributed by atoms with E-state index in [1.54, 1.807) is 18.2 Å². The summed E-state index contributed by atoms with van der Waals surface area (Å²) in [7, 11) is 1.39. The van der Waals surface area contributed by atoms with Crippen molar-refractivity contribution in [1.82, 2.24) is 0 Å². The third kappa shape index (κ3) is 6.06. The summed E-state index contributed by atoms with van der Waals surface area (Å²) in [5.41, 5.74) is 0.346. The molecule has 0 aromatic heterocycles. The molecule has 11 heteroatoms. The monoisotopic (exact) mass is 605 g/mol. The van der Waals surface area contributed by atoms with Gasteiger partial charge in [-0.3, -0.25) is 14.9 Å². The molecule has 1 amide bonds. The highest BCUT2D eigenvalue weighted by molar-refractivity contribution is 9.10. The average Bonchev–Trinajstić information content (AvgIpc) is 2.93. The van der Waals surface area contributed by atoms with Crippen molar-refractivity contribution in [1.29, 1.82) is 5.26 Å². The Morgan fingerprint density at radius 3 is 2.54 bits per heavy atom. The first-order valence-corrected chi connectivity index (χ1v) is 12.3. The lowest BCUT2D eigenvalue weighted by molar-refractivity contribution is -0.384. The zero-order valence-electron chi connectivity index (χ0n) is 20.1. The molecule has 0 bridgehead atoms. The Bertz CT molecular complexity index is 1710. The standard InChI is InChI=1S/C28H17BrClN3O6/c1-38-25-13-16(11-18(15-31)27(34)32-24-10-9-19(33(36)37)14-23(24)30)12-22(29)26(25)39-28(35)21-8-4-6-17-5-2-3-7-20(17)21/h2-14H,1H3,(H,32,34). The number of nitro groups is 1. The third-order valence-electron chi connectivity index (χ3n) is 5.54. The molecule has 0 aliphatic heterocycles. The number of ether oxygens (including phenoxy) is 2. The minimum Gasteiger partial charge on any atom is -0.493 e. The number of benzene rings is 4. The molecule has 0 radical (unpaired) electrons. The Kier molecular flexibility index (Phi) is 8.24. The first kappa shape index (κ1) is 27.3. The average molecular weight is 607 g/mol. The van der Waals surface area contributed by atoms with Gasteiger partial charge in [-0.15, -0.1) is 0 Å². The van der Waals surface area contributed by atoms with Crippen LogP contribution in [0.5, 0.6) is 11.5 Å². The van der Waals surface area contributed by atoms with Gasteiger partial charge in [0.25, 0.3) is 11.6 Å². The summed E-state index contributed by atoms with van der Waals surface area (Å²) < 4.78 is 11.4. The quantitative estimate of drug-likeness (QED) is 0.0602. The van der Waals surface area contributed by atoms with Gasteiger partial charge in [0, 0.05) is 12.1 Å². The number of nitriles is 1. The van der Waals surface area contributed by atoms with E-state index in [1.807, 2.05) is 36.4 Å². The Hall–Kier alpha value is -4.72. The van der Waals surface area contributed by atoms with Crippen LogP contribution in [0.15, 0.2) is 82.8 Å². The van der Waals surface area contributed by atoms with Crippen LogP contribution in [0.1, 0.15) is 15.9 Å². The molecule has 1 N–H and O–H groups in total. The highest BCUT2D eigenvalue weighted by Crippen LogP contribution is 2.38. The van der Waals surface area contributed by atoms with Crippen LogP contribution in [0.4, 0.5) is 11.4 Å². The SMILES string of the molecule is COc1cc(C=C(C#N)C(=O)Nc2ccc([N+](=O)[O-])cc2Cl)cc(Br)c1OC(=O)c1cccc2ccccc12. The number of nitrogens with one attached hydrogen (secondary N) is 1. The molecule has 0 saturated carbocycles. The van der Waals surface area contributed by atoms with E-state index in [9.17, 15) is 25.0 Å². The predicted octanol–water partition coefficient (Wildman–Crippen LogP) is 6.94. The number of hydrogen-bond donors (Lipinski definition) is 1. The van der Waals surface area contributed by atoms with E-state index in [1.165, 1.54) is 31.4 Å². The number of hydrogen-bond acceptors (Lipinski definition) is 7. The lowest BCUT2D eigenvalue weighted by Gasteiger charge is -2.13. The van der Waals surface area contributed by atoms with E-state index in [-0.39, 0.29) is 33.5 Å². The Morgan fingerprint density at radius 2 is 1.85 bits per heavy atom. The Morgan fingerprint density at radius 1 is 1.10 bits per heavy atom. The number of carbonyl (C=O) groups is 2. The second-order valence-corrected chi connectivity index (χ2v) is 9.26. The number of anilines is 1. The smallest absolute Gasteiger partial charge is 0.344 e. The number of rotatable bonds is 7. The summed E-state index contributed by atoms with van der Waals surface area (Å²) in [5, 5.41) is 24.5. The van der Waals surface area contributed by atoms with Gasteiger partial charge < -0.3 is 14.8 Å². The number of nitro benzene ring substituents is 1. The molecule has 0 spiro atoms. The molecule has 0 aliphatic carbocycles. The maximum atomic E-state index is 13.1. The summed E-state index contributed by atoms with van der Waals surface area (Å²) in [6.45, 7) is 0.